The first-order valence-electron chi connectivity index (χ1n) is 5.24. The SMILES string of the molecule is CCCCCNc1ccc(Br)cc1C. The fraction of sp³-hybridized carbons (Fsp3) is 0.500. The number of anilines is 1. The molecule has 0 aliphatic heterocycles. The summed E-state index contributed by atoms with van der Waals surface area (Å²) in [5.74, 6) is 0. The van der Waals surface area contributed by atoms with Crippen LogP contribution in [0.1, 0.15) is 31.7 Å². The maximum absolute atomic E-state index is 3.46. The largest absolute Gasteiger partial charge is 0.385 e. The molecule has 0 bridgehead atoms. The highest BCUT2D eigenvalue weighted by Gasteiger charge is 1.97. The van der Waals surface area contributed by atoms with Crippen molar-refractivity contribution in [1.29, 1.82) is 0 Å². The van der Waals surface area contributed by atoms with Crippen LogP contribution < -0.4 is 5.32 Å². The zero-order valence-electron chi connectivity index (χ0n) is 8.94. The Labute approximate surface area is 95.0 Å². The van der Waals surface area contributed by atoms with Crippen molar-refractivity contribution >= 4 is 21.6 Å². The summed E-state index contributed by atoms with van der Waals surface area (Å²) < 4.78 is 1.15. The van der Waals surface area contributed by atoms with Crippen molar-refractivity contribution < 1.29 is 0 Å². The third kappa shape index (κ3) is 3.70. The van der Waals surface area contributed by atoms with Gasteiger partial charge in [0.2, 0.25) is 0 Å². The number of nitrogens with one attached hydrogen (secondary N) is 1. The Kier molecular flexibility index (Phi) is 5.02. The Morgan fingerprint density at radius 2 is 2.07 bits per heavy atom. The second kappa shape index (κ2) is 6.07. The molecule has 14 heavy (non-hydrogen) atoms. The number of aryl methyl sites for hydroxylation is 1. The number of hydrogen-bond donors (Lipinski definition) is 1. The molecule has 0 unspecified atom stereocenters. The lowest BCUT2D eigenvalue weighted by Gasteiger charge is -2.09. The van der Waals surface area contributed by atoms with E-state index in [-0.39, 0.29) is 0 Å². The molecule has 0 heterocycles. The summed E-state index contributed by atoms with van der Waals surface area (Å²) in [5, 5.41) is 3.45. The van der Waals surface area contributed by atoms with Crippen LogP contribution in [0.2, 0.25) is 0 Å². The van der Waals surface area contributed by atoms with Crippen LogP contribution in [0.3, 0.4) is 0 Å². The van der Waals surface area contributed by atoms with Gasteiger partial charge in [-0.1, -0.05) is 35.7 Å². The van der Waals surface area contributed by atoms with Crippen LogP contribution in [0.25, 0.3) is 0 Å². The van der Waals surface area contributed by atoms with Gasteiger partial charge in [0.25, 0.3) is 0 Å². The van der Waals surface area contributed by atoms with Crippen LogP contribution in [0.5, 0.6) is 0 Å². The zero-order chi connectivity index (χ0) is 10.4. The molecule has 1 aromatic carbocycles. The van der Waals surface area contributed by atoms with Crippen LogP contribution in [-0.4, -0.2) is 6.54 Å². The van der Waals surface area contributed by atoms with Crippen molar-refractivity contribution in [2.45, 2.75) is 33.1 Å². The van der Waals surface area contributed by atoms with Gasteiger partial charge in [0, 0.05) is 16.7 Å². The fourth-order valence-corrected chi connectivity index (χ4v) is 1.90. The van der Waals surface area contributed by atoms with Crippen molar-refractivity contribution in [3.05, 3.63) is 28.2 Å². The van der Waals surface area contributed by atoms with E-state index < -0.39 is 0 Å². The van der Waals surface area contributed by atoms with Crippen LogP contribution in [0.15, 0.2) is 22.7 Å². The highest BCUT2D eigenvalue weighted by molar-refractivity contribution is 9.10. The molecule has 0 fully saturated rings. The molecule has 0 saturated heterocycles. The van der Waals surface area contributed by atoms with Gasteiger partial charge >= 0.3 is 0 Å². The predicted molar refractivity (Wildman–Crippen MR) is 66.9 cm³/mol. The quantitative estimate of drug-likeness (QED) is 0.772. The molecular formula is C12H18BrN. The topological polar surface area (TPSA) is 12.0 Å². The van der Waals surface area contributed by atoms with Crippen LogP contribution in [-0.2, 0) is 0 Å². The van der Waals surface area contributed by atoms with E-state index in [1.54, 1.807) is 0 Å². The van der Waals surface area contributed by atoms with Crippen molar-refractivity contribution in [3.8, 4) is 0 Å². The van der Waals surface area contributed by atoms with Gasteiger partial charge in [0.15, 0.2) is 0 Å². The van der Waals surface area contributed by atoms with Gasteiger partial charge < -0.3 is 5.32 Å². The molecule has 1 rings (SSSR count). The molecule has 0 aliphatic carbocycles. The van der Waals surface area contributed by atoms with E-state index in [1.807, 2.05) is 0 Å². The van der Waals surface area contributed by atoms with Crippen LogP contribution in [0.4, 0.5) is 5.69 Å². The van der Waals surface area contributed by atoms with E-state index in [2.05, 4.69) is 53.3 Å². The van der Waals surface area contributed by atoms with E-state index in [0.717, 1.165) is 11.0 Å². The summed E-state index contributed by atoms with van der Waals surface area (Å²) in [7, 11) is 0. The highest BCUT2D eigenvalue weighted by Crippen LogP contribution is 2.19. The van der Waals surface area contributed by atoms with Gasteiger partial charge in [-0.25, -0.2) is 0 Å². The minimum Gasteiger partial charge on any atom is -0.385 e. The van der Waals surface area contributed by atoms with Crippen molar-refractivity contribution in [2.24, 2.45) is 0 Å². The number of benzene rings is 1. The zero-order valence-corrected chi connectivity index (χ0v) is 10.5. The van der Waals surface area contributed by atoms with E-state index >= 15 is 0 Å². The third-order valence-corrected chi connectivity index (χ3v) is 2.78. The van der Waals surface area contributed by atoms with E-state index in [4.69, 9.17) is 0 Å². The molecule has 1 N–H and O–H groups in total. The number of unbranched alkanes of at least 4 members (excludes halogenated alkanes) is 2. The molecule has 0 spiro atoms. The minimum absolute atomic E-state index is 1.08. The second-order valence-electron chi connectivity index (χ2n) is 3.59. The maximum atomic E-state index is 3.46. The molecule has 0 aromatic heterocycles. The van der Waals surface area contributed by atoms with Gasteiger partial charge in [0.05, 0.1) is 0 Å². The van der Waals surface area contributed by atoms with Crippen LogP contribution in [0, 0.1) is 6.92 Å². The molecular weight excluding hydrogens is 238 g/mol. The third-order valence-electron chi connectivity index (χ3n) is 2.28. The molecule has 78 valence electrons. The Hall–Kier alpha value is -0.500. The number of hydrogen-bond acceptors (Lipinski definition) is 1. The Balaban J connectivity index is 2.42. The summed E-state index contributed by atoms with van der Waals surface area (Å²) in [5.41, 5.74) is 2.56. The molecule has 1 aromatic rings. The van der Waals surface area contributed by atoms with E-state index in [1.165, 1.54) is 30.5 Å². The maximum Gasteiger partial charge on any atom is 0.0370 e. The summed E-state index contributed by atoms with van der Waals surface area (Å²) in [4.78, 5) is 0. The summed E-state index contributed by atoms with van der Waals surface area (Å²) in [6, 6.07) is 6.35. The first-order chi connectivity index (χ1) is 6.74. The predicted octanol–water partition coefficient (Wildman–Crippen LogP) is 4.36. The number of rotatable bonds is 5. The lowest BCUT2D eigenvalue weighted by Crippen LogP contribution is -2.02. The van der Waals surface area contributed by atoms with Gasteiger partial charge in [-0.3, -0.25) is 0 Å². The lowest BCUT2D eigenvalue weighted by atomic mass is 10.2. The molecule has 0 amide bonds. The first-order valence-corrected chi connectivity index (χ1v) is 6.03. The smallest absolute Gasteiger partial charge is 0.0370 e. The van der Waals surface area contributed by atoms with E-state index in [0.29, 0.717) is 0 Å². The molecule has 0 radical (unpaired) electrons. The van der Waals surface area contributed by atoms with Crippen molar-refractivity contribution in [2.75, 3.05) is 11.9 Å². The van der Waals surface area contributed by atoms with Crippen molar-refractivity contribution in [1.82, 2.24) is 0 Å². The average molecular weight is 256 g/mol. The molecule has 0 saturated carbocycles. The Bertz CT molecular complexity index is 284. The minimum atomic E-state index is 1.08. The normalized spacial score (nSPS) is 10.2. The lowest BCUT2D eigenvalue weighted by molar-refractivity contribution is 0.743. The van der Waals surface area contributed by atoms with Gasteiger partial charge in [-0.15, -0.1) is 0 Å². The Morgan fingerprint density at radius 1 is 1.29 bits per heavy atom. The fourth-order valence-electron chi connectivity index (χ4n) is 1.42. The first kappa shape index (κ1) is 11.6. The average Bonchev–Trinajstić information content (AvgIpc) is 2.15. The highest BCUT2D eigenvalue weighted by atomic mass is 79.9. The Morgan fingerprint density at radius 3 is 2.71 bits per heavy atom. The molecule has 0 atom stereocenters. The summed E-state index contributed by atoms with van der Waals surface area (Å²) in [6.45, 7) is 5.44. The standard InChI is InChI=1S/C12H18BrN/c1-3-4-5-8-14-12-7-6-11(13)9-10(12)2/h6-7,9,14H,3-5,8H2,1-2H3. The van der Waals surface area contributed by atoms with Gasteiger partial charge in [-0.05, 0) is 37.1 Å². The second-order valence-corrected chi connectivity index (χ2v) is 4.51. The molecule has 1 nitrogen and oxygen atoms in total. The van der Waals surface area contributed by atoms with Gasteiger partial charge in [-0.2, -0.15) is 0 Å². The van der Waals surface area contributed by atoms with Gasteiger partial charge in [0.1, 0.15) is 0 Å². The van der Waals surface area contributed by atoms with Crippen LogP contribution >= 0.6 is 15.9 Å². The van der Waals surface area contributed by atoms with Crippen molar-refractivity contribution in [3.63, 3.8) is 0 Å². The molecule has 0 aliphatic rings. The summed E-state index contributed by atoms with van der Waals surface area (Å²) in [6.07, 6.45) is 3.84. The van der Waals surface area contributed by atoms with E-state index in [9.17, 15) is 0 Å². The number of halogens is 1. The molecule has 2 heteroatoms. The summed E-state index contributed by atoms with van der Waals surface area (Å²) >= 11 is 3.46. The monoisotopic (exact) mass is 255 g/mol.